The maximum absolute atomic E-state index is 3.94. The molecule has 0 bridgehead atoms. The highest BCUT2D eigenvalue weighted by atomic mass is 14.9. The van der Waals surface area contributed by atoms with Crippen molar-refractivity contribution < 1.29 is 0 Å². The van der Waals surface area contributed by atoms with Crippen molar-refractivity contribution in [2.75, 3.05) is 6.54 Å². The van der Waals surface area contributed by atoms with Crippen molar-refractivity contribution in [2.24, 2.45) is 5.92 Å². The highest BCUT2D eigenvalue weighted by molar-refractivity contribution is 4.92. The van der Waals surface area contributed by atoms with Gasteiger partial charge in [-0.25, -0.2) is 0 Å². The second-order valence-electron chi connectivity index (χ2n) is 4.75. The van der Waals surface area contributed by atoms with Gasteiger partial charge in [-0.05, 0) is 32.1 Å². The van der Waals surface area contributed by atoms with E-state index in [1.54, 1.807) is 0 Å². The zero-order valence-electron chi connectivity index (χ0n) is 9.81. The quantitative estimate of drug-likeness (QED) is 0.662. The zero-order valence-corrected chi connectivity index (χ0v) is 9.81. The van der Waals surface area contributed by atoms with Crippen molar-refractivity contribution in [3.63, 3.8) is 0 Å². The van der Waals surface area contributed by atoms with E-state index >= 15 is 0 Å². The molecule has 0 amide bonds. The molecule has 0 aromatic heterocycles. The van der Waals surface area contributed by atoms with Crippen molar-refractivity contribution in [3.05, 3.63) is 12.2 Å². The van der Waals surface area contributed by atoms with Crippen LogP contribution in [0.2, 0.25) is 0 Å². The van der Waals surface area contributed by atoms with Crippen LogP contribution in [0, 0.1) is 5.92 Å². The summed E-state index contributed by atoms with van der Waals surface area (Å²) in [5, 5.41) is 3.64. The Morgan fingerprint density at radius 1 is 1.36 bits per heavy atom. The van der Waals surface area contributed by atoms with Gasteiger partial charge in [0.05, 0.1) is 0 Å². The third-order valence-electron chi connectivity index (χ3n) is 3.32. The van der Waals surface area contributed by atoms with Crippen molar-refractivity contribution >= 4 is 0 Å². The maximum atomic E-state index is 3.94. The van der Waals surface area contributed by atoms with Gasteiger partial charge >= 0.3 is 0 Å². The highest BCUT2D eigenvalue weighted by Gasteiger charge is 2.21. The van der Waals surface area contributed by atoms with Crippen LogP contribution in [0.3, 0.4) is 0 Å². The van der Waals surface area contributed by atoms with Crippen molar-refractivity contribution in [2.45, 2.75) is 58.4 Å². The zero-order chi connectivity index (χ0) is 10.4. The fourth-order valence-electron chi connectivity index (χ4n) is 2.49. The summed E-state index contributed by atoms with van der Waals surface area (Å²) >= 11 is 0. The molecular formula is C13H25N. The van der Waals surface area contributed by atoms with E-state index in [-0.39, 0.29) is 0 Å². The first-order chi connectivity index (χ1) is 6.74. The Labute approximate surface area is 89.0 Å². The lowest BCUT2D eigenvalue weighted by molar-refractivity contribution is 0.267. The smallest absolute Gasteiger partial charge is 0.0161 e. The Kier molecular flexibility index (Phi) is 5.24. The molecular weight excluding hydrogens is 170 g/mol. The van der Waals surface area contributed by atoms with E-state index in [4.69, 9.17) is 0 Å². The van der Waals surface area contributed by atoms with Gasteiger partial charge < -0.3 is 5.32 Å². The summed E-state index contributed by atoms with van der Waals surface area (Å²) in [7, 11) is 0. The molecule has 1 heteroatoms. The number of rotatable bonds is 5. The minimum atomic E-state index is 0.729. The van der Waals surface area contributed by atoms with E-state index in [2.05, 4.69) is 25.7 Å². The molecule has 1 nitrogen and oxygen atoms in total. The predicted octanol–water partition coefficient (Wildman–Crippen LogP) is 3.51. The number of nitrogens with one attached hydrogen (secondary N) is 1. The molecule has 0 aromatic carbocycles. The summed E-state index contributed by atoms with van der Waals surface area (Å²) in [5.41, 5.74) is 1.25. The molecule has 1 aliphatic rings. The van der Waals surface area contributed by atoms with E-state index in [1.807, 2.05) is 0 Å². The van der Waals surface area contributed by atoms with E-state index in [0.29, 0.717) is 0 Å². The van der Waals surface area contributed by atoms with Crippen LogP contribution >= 0.6 is 0 Å². The van der Waals surface area contributed by atoms with E-state index in [1.165, 1.54) is 44.1 Å². The fourth-order valence-corrected chi connectivity index (χ4v) is 2.49. The first-order valence-electron chi connectivity index (χ1n) is 6.11. The predicted molar refractivity (Wildman–Crippen MR) is 63.5 cm³/mol. The van der Waals surface area contributed by atoms with Gasteiger partial charge in [-0.1, -0.05) is 38.3 Å². The molecule has 0 spiro atoms. The Hall–Kier alpha value is -0.300. The lowest BCUT2D eigenvalue weighted by atomic mass is 9.83. The van der Waals surface area contributed by atoms with Gasteiger partial charge in [0.25, 0.3) is 0 Å². The summed E-state index contributed by atoms with van der Waals surface area (Å²) in [5.74, 6) is 0.924. The second kappa shape index (κ2) is 6.23. The first-order valence-corrected chi connectivity index (χ1v) is 6.11. The molecule has 82 valence electrons. The molecule has 14 heavy (non-hydrogen) atoms. The van der Waals surface area contributed by atoms with Crippen LogP contribution in [0.15, 0.2) is 12.2 Å². The van der Waals surface area contributed by atoms with Gasteiger partial charge in [-0.15, -0.1) is 0 Å². The average Bonchev–Trinajstić information content (AvgIpc) is 2.20. The van der Waals surface area contributed by atoms with E-state index in [0.717, 1.165) is 18.5 Å². The minimum Gasteiger partial charge on any atom is -0.310 e. The minimum absolute atomic E-state index is 0.729. The summed E-state index contributed by atoms with van der Waals surface area (Å²) in [6.45, 7) is 9.33. The molecule has 1 atom stereocenters. The van der Waals surface area contributed by atoms with Crippen molar-refractivity contribution in [1.29, 1.82) is 0 Å². The number of hydrogen-bond acceptors (Lipinski definition) is 1. The van der Waals surface area contributed by atoms with Crippen LogP contribution in [0.1, 0.15) is 52.4 Å². The molecule has 0 aromatic rings. The third-order valence-corrected chi connectivity index (χ3v) is 3.32. The summed E-state index contributed by atoms with van der Waals surface area (Å²) in [6, 6.07) is 0.729. The van der Waals surface area contributed by atoms with Gasteiger partial charge in [-0.2, -0.15) is 0 Å². The molecule has 0 radical (unpaired) electrons. The molecule has 1 rings (SSSR count). The van der Waals surface area contributed by atoms with Crippen molar-refractivity contribution in [3.8, 4) is 0 Å². The number of hydrogen-bond donors (Lipinski definition) is 1. The molecule has 0 aliphatic heterocycles. The van der Waals surface area contributed by atoms with Gasteiger partial charge in [-0.3, -0.25) is 0 Å². The summed E-state index contributed by atoms with van der Waals surface area (Å²) in [6.07, 6.45) is 8.46. The molecule has 1 saturated carbocycles. The van der Waals surface area contributed by atoms with Gasteiger partial charge in [0.15, 0.2) is 0 Å². The molecule has 1 fully saturated rings. The molecule has 1 unspecified atom stereocenters. The lowest BCUT2D eigenvalue weighted by Crippen LogP contribution is -2.37. The summed E-state index contributed by atoms with van der Waals surface area (Å²) < 4.78 is 0. The SMILES string of the molecule is C=C(C)CNC(CC)C1CCCCC1. The standard InChI is InChI=1S/C13H25N/c1-4-13(14-10-11(2)3)12-8-6-5-7-9-12/h12-14H,2,4-10H2,1,3H3. The van der Waals surface area contributed by atoms with Crippen LogP contribution in [-0.2, 0) is 0 Å². The van der Waals surface area contributed by atoms with E-state index < -0.39 is 0 Å². The van der Waals surface area contributed by atoms with Gasteiger partial charge in [0.2, 0.25) is 0 Å². The third kappa shape index (κ3) is 3.83. The normalized spacial score (nSPS) is 20.7. The monoisotopic (exact) mass is 195 g/mol. The van der Waals surface area contributed by atoms with Gasteiger partial charge in [0, 0.05) is 12.6 Å². The first kappa shape index (κ1) is 11.8. The molecule has 0 saturated heterocycles. The van der Waals surface area contributed by atoms with Crippen LogP contribution in [-0.4, -0.2) is 12.6 Å². The Morgan fingerprint density at radius 2 is 2.00 bits per heavy atom. The fraction of sp³-hybridized carbons (Fsp3) is 0.846. The van der Waals surface area contributed by atoms with E-state index in [9.17, 15) is 0 Å². The average molecular weight is 195 g/mol. The van der Waals surface area contributed by atoms with Crippen LogP contribution < -0.4 is 5.32 Å². The van der Waals surface area contributed by atoms with Crippen LogP contribution in [0.5, 0.6) is 0 Å². The molecule has 1 N–H and O–H groups in total. The highest BCUT2D eigenvalue weighted by Crippen LogP contribution is 2.27. The topological polar surface area (TPSA) is 12.0 Å². The Balaban J connectivity index is 2.31. The lowest BCUT2D eigenvalue weighted by Gasteiger charge is -2.30. The van der Waals surface area contributed by atoms with Gasteiger partial charge in [0.1, 0.15) is 0 Å². The maximum Gasteiger partial charge on any atom is 0.0161 e. The second-order valence-corrected chi connectivity index (χ2v) is 4.75. The largest absolute Gasteiger partial charge is 0.310 e. The Bertz CT molecular complexity index is 168. The van der Waals surface area contributed by atoms with Crippen molar-refractivity contribution in [1.82, 2.24) is 5.32 Å². The summed E-state index contributed by atoms with van der Waals surface area (Å²) in [4.78, 5) is 0. The molecule has 0 heterocycles. The van der Waals surface area contributed by atoms with Crippen LogP contribution in [0.25, 0.3) is 0 Å². The molecule has 1 aliphatic carbocycles. The van der Waals surface area contributed by atoms with Crippen LogP contribution in [0.4, 0.5) is 0 Å². The Morgan fingerprint density at radius 3 is 2.50 bits per heavy atom.